The molecule has 3 nitrogen and oxygen atoms in total. The highest BCUT2D eigenvalue weighted by molar-refractivity contribution is 6.71. The van der Waals surface area contributed by atoms with Gasteiger partial charge in [-0.05, 0) is 72.0 Å². The van der Waals surface area contributed by atoms with Crippen LogP contribution >= 0.6 is 0 Å². The normalized spacial score (nSPS) is 25.3. The van der Waals surface area contributed by atoms with Crippen molar-refractivity contribution in [1.29, 1.82) is 0 Å². The van der Waals surface area contributed by atoms with Gasteiger partial charge in [-0.1, -0.05) is 0 Å². The maximum Gasteiger partial charge on any atom is 0.186 e. The zero-order valence-corrected chi connectivity index (χ0v) is 14.8. The van der Waals surface area contributed by atoms with Gasteiger partial charge < -0.3 is 14.8 Å². The largest absolute Gasteiger partial charge is 0.420 e. The predicted octanol–water partition coefficient (Wildman–Crippen LogP) is 3.15. The molecule has 0 saturated carbocycles. The van der Waals surface area contributed by atoms with Gasteiger partial charge in [0.25, 0.3) is 0 Å². The van der Waals surface area contributed by atoms with Gasteiger partial charge in [0.15, 0.2) is 8.32 Å². The molecule has 1 aliphatic rings. The number of rotatable bonds is 5. The summed E-state index contributed by atoms with van der Waals surface area (Å²) in [6, 6.07) is 1.04. The van der Waals surface area contributed by atoms with Crippen LogP contribution in [-0.4, -0.2) is 37.7 Å². The van der Waals surface area contributed by atoms with Gasteiger partial charge in [-0.15, -0.1) is 0 Å². The van der Waals surface area contributed by atoms with Crippen LogP contribution < -0.4 is 5.32 Å². The highest BCUT2D eigenvalue weighted by Crippen LogP contribution is 2.36. The molecule has 2 N–H and O–H groups in total. The Hall–Kier alpha value is 0.0969. The fraction of sp³-hybridized carbons (Fsp3) is 1.00. The van der Waals surface area contributed by atoms with E-state index in [1.807, 2.05) is 0 Å². The summed E-state index contributed by atoms with van der Waals surface area (Å²) < 4.78 is 5.57. The first-order valence-electron chi connectivity index (χ1n) is 7.49. The third-order valence-corrected chi connectivity index (χ3v) is 6.96. The summed E-state index contributed by atoms with van der Waals surface area (Å²) in [6.45, 7) is 13.4. The van der Waals surface area contributed by atoms with E-state index in [2.05, 4.69) is 46.1 Å². The molecule has 0 aromatic rings. The molecule has 1 rings (SSSR count). The Labute approximate surface area is 120 Å². The first kappa shape index (κ1) is 17.1. The fourth-order valence-electron chi connectivity index (χ4n) is 3.51. The number of aliphatic hydroxyl groups is 1. The van der Waals surface area contributed by atoms with Gasteiger partial charge in [0, 0.05) is 18.2 Å². The van der Waals surface area contributed by atoms with E-state index in [0.29, 0.717) is 5.92 Å². The molecule has 1 unspecified atom stereocenters. The second-order valence-corrected chi connectivity index (χ2v) is 12.6. The van der Waals surface area contributed by atoms with Gasteiger partial charge in [0.2, 0.25) is 0 Å². The second kappa shape index (κ2) is 5.84. The van der Waals surface area contributed by atoms with E-state index in [0.717, 1.165) is 25.3 Å². The molecule has 0 aromatic heterocycles. The first-order valence-corrected chi connectivity index (χ1v) is 10.6. The predicted molar refractivity (Wildman–Crippen MR) is 83.9 cm³/mol. The summed E-state index contributed by atoms with van der Waals surface area (Å²) in [5, 5.41) is 14.2. The zero-order chi connectivity index (χ0) is 14.9. The van der Waals surface area contributed by atoms with E-state index >= 15 is 0 Å². The smallest absolute Gasteiger partial charge is 0.186 e. The quantitative estimate of drug-likeness (QED) is 0.763. The average molecular weight is 288 g/mol. The topological polar surface area (TPSA) is 41.5 Å². The average Bonchev–Trinajstić information content (AvgIpc) is 2.21. The number of nitrogens with one attached hydrogen (secondary N) is 1. The Balaban J connectivity index is 2.59. The van der Waals surface area contributed by atoms with Gasteiger partial charge in [0.05, 0.1) is 6.10 Å². The van der Waals surface area contributed by atoms with Crippen molar-refractivity contribution >= 4 is 8.32 Å². The number of hydrogen-bond acceptors (Lipinski definition) is 3. The lowest BCUT2D eigenvalue weighted by molar-refractivity contribution is 0.0248. The first-order chi connectivity index (χ1) is 8.46. The highest BCUT2D eigenvalue weighted by atomic mass is 28.4. The monoisotopic (exact) mass is 287 g/mol. The lowest BCUT2D eigenvalue weighted by Crippen LogP contribution is -2.59. The van der Waals surface area contributed by atoms with Crippen molar-refractivity contribution in [2.24, 2.45) is 5.92 Å². The van der Waals surface area contributed by atoms with Crippen LogP contribution in [0.25, 0.3) is 0 Å². The van der Waals surface area contributed by atoms with E-state index < -0.39 is 8.32 Å². The van der Waals surface area contributed by atoms with E-state index in [-0.39, 0.29) is 17.2 Å². The van der Waals surface area contributed by atoms with Crippen LogP contribution in [-0.2, 0) is 4.43 Å². The summed E-state index contributed by atoms with van der Waals surface area (Å²) in [5.41, 5.74) is 0.225. The lowest BCUT2D eigenvalue weighted by Gasteiger charge is -2.48. The van der Waals surface area contributed by atoms with Crippen molar-refractivity contribution in [1.82, 2.24) is 5.32 Å². The molecule has 0 aliphatic carbocycles. The standard InChI is InChI=1S/C15H33NO2Si/c1-14(2)10-12(11-15(3,4)16-14)13(17)8-9-19(6,7)18-5/h12-13,16-17H,8-11H2,1-7H3. The van der Waals surface area contributed by atoms with E-state index in [9.17, 15) is 5.11 Å². The van der Waals surface area contributed by atoms with Crippen molar-refractivity contribution < 1.29 is 9.53 Å². The van der Waals surface area contributed by atoms with Crippen LogP contribution in [0.2, 0.25) is 19.1 Å². The van der Waals surface area contributed by atoms with Crippen molar-refractivity contribution in [3.05, 3.63) is 0 Å². The maximum atomic E-state index is 10.5. The van der Waals surface area contributed by atoms with Crippen LogP contribution in [0.1, 0.15) is 47.0 Å². The van der Waals surface area contributed by atoms with Gasteiger partial charge in [-0.3, -0.25) is 0 Å². The molecular formula is C15H33NO2Si. The third-order valence-electron chi connectivity index (χ3n) is 4.36. The molecule has 1 fully saturated rings. The molecule has 1 saturated heterocycles. The summed E-state index contributed by atoms with van der Waals surface area (Å²) >= 11 is 0. The van der Waals surface area contributed by atoms with Crippen molar-refractivity contribution in [3.63, 3.8) is 0 Å². The molecule has 0 bridgehead atoms. The molecule has 0 aromatic carbocycles. The lowest BCUT2D eigenvalue weighted by atomic mass is 9.73. The summed E-state index contributed by atoms with van der Waals surface area (Å²) in [4.78, 5) is 0. The summed E-state index contributed by atoms with van der Waals surface area (Å²) in [7, 11) is 0.250. The van der Waals surface area contributed by atoms with Crippen molar-refractivity contribution in [3.8, 4) is 0 Å². The Kier molecular flexibility index (Phi) is 5.27. The third kappa shape index (κ3) is 5.54. The molecule has 1 aliphatic heterocycles. The molecule has 19 heavy (non-hydrogen) atoms. The van der Waals surface area contributed by atoms with Gasteiger partial charge in [-0.2, -0.15) is 0 Å². The molecule has 0 radical (unpaired) electrons. The minimum Gasteiger partial charge on any atom is -0.420 e. The van der Waals surface area contributed by atoms with Crippen LogP contribution in [0, 0.1) is 5.92 Å². The summed E-state index contributed by atoms with van der Waals surface area (Å²) in [5.74, 6) is 0.396. The molecule has 114 valence electrons. The molecule has 4 heteroatoms. The number of piperidine rings is 1. The van der Waals surface area contributed by atoms with E-state index in [1.165, 1.54) is 0 Å². The minimum absolute atomic E-state index is 0.113. The zero-order valence-electron chi connectivity index (χ0n) is 13.8. The molecule has 1 heterocycles. The Morgan fingerprint density at radius 2 is 1.68 bits per heavy atom. The number of hydrogen-bond donors (Lipinski definition) is 2. The minimum atomic E-state index is -1.55. The Morgan fingerprint density at radius 3 is 2.11 bits per heavy atom. The van der Waals surface area contributed by atoms with Crippen LogP contribution in [0.3, 0.4) is 0 Å². The van der Waals surface area contributed by atoms with E-state index in [4.69, 9.17) is 4.43 Å². The van der Waals surface area contributed by atoms with Crippen molar-refractivity contribution in [2.45, 2.75) is 83.3 Å². The molecule has 1 atom stereocenters. The fourth-order valence-corrected chi connectivity index (χ4v) is 4.70. The molecule has 0 spiro atoms. The van der Waals surface area contributed by atoms with Gasteiger partial charge in [0.1, 0.15) is 0 Å². The van der Waals surface area contributed by atoms with E-state index in [1.54, 1.807) is 7.11 Å². The molecular weight excluding hydrogens is 254 g/mol. The van der Waals surface area contributed by atoms with Gasteiger partial charge >= 0.3 is 0 Å². The van der Waals surface area contributed by atoms with Crippen LogP contribution in [0.5, 0.6) is 0 Å². The van der Waals surface area contributed by atoms with Crippen LogP contribution in [0.4, 0.5) is 0 Å². The SMILES string of the molecule is CO[Si](C)(C)CCC(O)C1CC(C)(C)NC(C)(C)C1. The van der Waals surface area contributed by atoms with Crippen LogP contribution in [0.15, 0.2) is 0 Å². The highest BCUT2D eigenvalue weighted by Gasteiger charge is 2.40. The molecule has 0 amide bonds. The number of aliphatic hydroxyl groups excluding tert-OH is 1. The van der Waals surface area contributed by atoms with Gasteiger partial charge in [-0.25, -0.2) is 0 Å². The van der Waals surface area contributed by atoms with Crippen molar-refractivity contribution in [2.75, 3.05) is 7.11 Å². The summed E-state index contributed by atoms with van der Waals surface area (Å²) in [6.07, 6.45) is 2.78. The second-order valence-electron chi connectivity index (χ2n) is 8.13. The maximum absolute atomic E-state index is 10.5. The Morgan fingerprint density at radius 1 is 1.21 bits per heavy atom. The Bertz CT molecular complexity index is 287.